The molecule has 0 atom stereocenters. The molecule has 6 aromatic rings. The first-order valence-corrected chi connectivity index (χ1v) is 11.5. The predicted octanol–water partition coefficient (Wildman–Crippen LogP) is 5.57. The second-order valence-electron chi connectivity index (χ2n) is 6.19. The summed E-state index contributed by atoms with van der Waals surface area (Å²) in [7, 11) is 0. The van der Waals surface area contributed by atoms with Crippen molar-refractivity contribution in [2.45, 2.75) is 0 Å². The molecule has 2 aromatic heterocycles. The Balaban J connectivity index is 1.86. The van der Waals surface area contributed by atoms with E-state index in [1.54, 1.807) is 17.0 Å². The number of hydrogen-bond acceptors (Lipinski definition) is 0. The Morgan fingerprint density at radius 2 is 0.833 bits per heavy atom. The first kappa shape index (κ1) is 13.5. The van der Waals surface area contributed by atoms with E-state index in [4.69, 9.17) is 0 Å². The van der Waals surface area contributed by atoms with Crippen LogP contribution in [0.3, 0.4) is 0 Å². The van der Waals surface area contributed by atoms with Crippen LogP contribution in [0.15, 0.2) is 72.8 Å². The van der Waals surface area contributed by atoms with Crippen molar-refractivity contribution in [1.29, 1.82) is 0 Å². The first-order chi connectivity index (χ1) is 11.9. The van der Waals surface area contributed by atoms with E-state index >= 15 is 0 Å². The molecule has 0 radical (unpaired) electrons. The summed E-state index contributed by atoms with van der Waals surface area (Å²) in [5, 5.41) is 8.74. The van der Waals surface area contributed by atoms with Crippen LogP contribution in [0, 0.1) is 0 Å². The molecule has 2 heterocycles. The Labute approximate surface area is 150 Å². The molecule has 112 valence electrons. The summed E-state index contributed by atoms with van der Waals surface area (Å²) >= 11 is 0.863. The van der Waals surface area contributed by atoms with Gasteiger partial charge >= 0.3 is 151 Å². The zero-order valence-electron chi connectivity index (χ0n) is 12.7. The van der Waals surface area contributed by atoms with Gasteiger partial charge in [-0.3, -0.25) is 0 Å². The molecule has 0 fully saturated rings. The molecule has 0 nitrogen and oxygen atoms in total. The van der Waals surface area contributed by atoms with E-state index in [1.165, 1.54) is 32.3 Å². The Kier molecular flexibility index (Phi) is 2.72. The summed E-state index contributed by atoms with van der Waals surface area (Å²) in [6.45, 7) is 0. The van der Waals surface area contributed by atoms with Crippen LogP contribution < -0.4 is 0 Å². The molecule has 0 saturated heterocycles. The van der Waals surface area contributed by atoms with Crippen molar-refractivity contribution < 1.29 is 0 Å². The summed E-state index contributed by atoms with van der Waals surface area (Å²) in [5.41, 5.74) is 0. The van der Waals surface area contributed by atoms with Gasteiger partial charge < -0.3 is 0 Å². The van der Waals surface area contributed by atoms with E-state index in [-0.39, 0.29) is 0 Å². The van der Waals surface area contributed by atoms with Gasteiger partial charge in [-0.1, -0.05) is 0 Å². The molecule has 0 bridgehead atoms. The Bertz CT molecular complexity index is 1290. The molecule has 0 unspecified atom stereocenters. The molecule has 0 spiro atoms. The predicted molar refractivity (Wildman–Crippen MR) is 108 cm³/mol. The quantitative estimate of drug-likeness (QED) is 0.275. The van der Waals surface area contributed by atoms with Crippen molar-refractivity contribution in [2.24, 2.45) is 0 Å². The molecule has 2 heteroatoms. The van der Waals surface area contributed by atoms with Crippen LogP contribution in [-0.4, -0.2) is 29.0 Å². The standard InChI is InChI=1S/C22H12Se2/c1-3-7-15-13(5-1)9-11-17-19(15)23-22-18-12-10-14-6-2-4-8-16(14)20(18)24-21(17)22/h1-12H. The van der Waals surface area contributed by atoms with E-state index < -0.39 is 0 Å². The van der Waals surface area contributed by atoms with Gasteiger partial charge in [0.05, 0.1) is 0 Å². The monoisotopic (exact) mass is 436 g/mol. The minimum absolute atomic E-state index is 0.432. The van der Waals surface area contributed by atoms with Gasteiger partial charge in [-0.05, 0) is 0 Å². The van der Waals surface area contributed by atoms with Crippen molar-refractivity contribution in [2.75, 3.05) is 0 Å². The minimum atomic E-state index is 0.432. The van der Waals surface area contributed by atoms with Gasteiger partial charge in [-0.2, -0.15) is 0 Å². The molecule has 24 heavy (non-hydrogen) atoms. The molecule has 0 amide bonds. The Morgan fingerprint density at radius 1 is 0.375 bits per heavy atom. The normalized spacial score (nSPS) is 12.2. The van der Waals surface area contributed by atoms with Crippen molar-refractivity contribution in [1.82, 2.24) is 0 Å². The van der Waals surface area contributed by atoms with E-state index in [2.05, 4.69) is 72.8 Å². The van der Waals surface area contributed by atoms with Crippen LogP contribution in [0.2, 0.25) is 0 Å². The first-order valence-electron chi connectivity index (χ1n) is 8.04. The fraction of sp³-hybridized carbons (Fsp3) is 0. The molecular formula is C22H12Se2. The molecule has 6 rings (SSSR count). The fourth-order valence-corrected chi connectivity index (χ4v) is 10.6. The van der Waals surface area contributed by atoms with Crippen LogP contribution in [0.5, 0.6) is 0 Å². The summed E-state index contributed by atoms with van der Waals surface area (Å²) < 4.78 is 6.50. The van der Waals surface area contributed by atoms with Crippen LogP contribution in [0.25, 0.3) is 49.4 Å². The SMILES string of the molecule is c1ccc2c(c1)ccc1c2[se]c2c3ccc4ccccc4c3[se]c12. The van der Waals surface area contributed by atoms with E-state index in [9.17, 15) is 0 Å². The van der Waals surface area contributed by atoms with Crippen molar-refractivity contribution in [3.63, 3.8) is 0 Å². The van der Waals surface area contributed by atoms with Gasteiger partial charge in [0.1, 0.15) is 0 Å². The second-order valence-corrected chi connectivity index (χ2v) is 10.5. The maximum absolute atomic E-state index is 2.37. The van der Waals surface area contributed by atoms with Crippen molar-refractivity contribution >= 4 is 78.4 Å². The molecule has 0 aliphatic carbocycles. The molecule has 0 aliphatic rings. The summed E-state index contributed by atoms with van der Waals surface area (Å²) in [5.74, 6) is 0. The maximum atomic E-state index is 2.37. The van der Waals surface area contributed by atoms with Crippen molar-refractivity contribution in [3.05, 3.63) is 72.8 Å². The zero-order chi connectivity index (χ0) is 15.7. The van der Waals surface area contributed by atoms with Crippen LogP contribution >= 0.6 is 0 Å². The van der Waals surface area contributed by atoms with E-state index in [0.29, 0.717) is 29.0 Å². The third kappa shape index (κ3) is 1.69. The van der Waals surface area contributed by atoms with Gasteiger partial charge in [0, 0.05) is 0 Å². The molecule has 0 saturated carbocycles. The Morgan fingerprint density at radius 3 is 1.33 bits per heavy atom. The molecular weight excluding hydrogens is 422 g/mol. The zero-order valence-corrected chi connectivity index (χ0v) is 16.2. The topological polar surface area (TPSA) is 0 Å². The molecule has 0 aliphatic heterocycles. The van der Waals surface area contributed by atoms with Gasteiger partial charge in [0.15, 0.2) is 0 Å². The number of hydrogen-bond donors (Lipinski definition) is 0. The fourth-order valence-electron chi connectivity index (χ4n) is 3.71. The molecule has 0 N–H and O–H groups in total. The van der Waals surface area contributed by atoms with Gasteiger partial charge in [-0.25, -0.2) is 0 Å². The van der Waals surface area contributed by atoms with Gasteiger partial charge in [0.25, 0.3) is 0 Å². The number of benzene rings is 4. The number of rotatable bonds is 0. The summed E-state index contributed by atoms with van der Waals surface area (Å²) in [6.07, 6.45) is 0. The van der Waals surface area contributed by atoms with E-state index in [1.807, 2.05) is 0 Å². The van der Waals surface area contributed by atoms with Crippen LogP contribution in [-0.2, 0) is 0 Å². The number of fused-ring (bicyclic) bond motifs is 9. The third-order valence-electron chi connectivity index (χ3n) is 4.86. The van der Waals surface area contributed by atoms with Gasteiger partial charge in [0.2, 0.25) is 0 Å². The van der Waals surface area contributed by atoms with Gasteiger partial charge in [-0.15, -0.1) is 0 Å². The van der Waals surface area contributed by atoms with Crippen molar-refractivity contribution in [3.8, 4) is 0 Å². The summed E-state index contributed by atoms with van der Waals surface area (Å²) in [6, 6.07) is 27.1. The summed E-state index contributed by atoms with van der Waals surface area (Å²) in [4.78, 5) is 0. The van der Waals surface area contributed by atoms with Crippen LogP contribution in [0.4, 0.5) is 0 Å². The average molecular weight is 434 g/mol. The average Bonchev–Trinajstić information content (AvgIpc) is 3.18. The van der Waals surface area contributed by atoms with Crippen LogP contribution in [0.1, 0.15) is 0 Å². The molecule has 4 aromatic carbocycles. The van der Waals surface area contributed by atoms with E-state index in [0.717, 1.165) is 0 Å². The third-order valence-corrected chi connectivity index (χ3v) is 10.9. The second kappa shape index (κ2) is 4.85. The Hall–Kier alpha value is -1.82.